The number of carbonyl (C=O) groups is 1. The monoisotopic (exact) mass is 555 g/mol. The molecule has 4 rings (SSSR count). The molecule has 1 aromatic heterocycles. The number of halogens is 1. The number of anilines is 1. The summed E-state index contributed by atoms with van der Waals surface area (Å²) in [5.41, 5.74) is 4.04. The van der Waals surface area contributed by atoms with Crippen LogP contribution in [-0.2, 0) is 23.0 Å². The Morgan fingerprint density at radius 2 is 1.74 bits per heavy atom. The smallest absolute Gasteiger partial charge is 0.352 e. The van der Waals surface area contributed by atoms with Crippen molar-refractivity contribution in [3.63, 3.8) is 0 Å². The minimum absolute atomic E-state index is 0.0707. The summed E-state index contributed by atoms with van der Waals surface area (Å²) in [5, 5.41) is 25.0. The highest BCUT2D eigenvalue weighted by molar-refractivity contribution is 7.92. The Morgan fingerprint density at radius 3 is 2.39 bits per heavy atom. The maximum Gasteiger partial charge on any atom is 0.352 e. The number of fused-ring (bicyclic) bond motifs is 1. The highest BCUT2D eigenvalue weighted by Crippen LogP contribution is 2.25. The molecular formula is C28H30ClN3O5S. The average Bonchev–Trinajstić information content (AvgIpc) is 3.20. The maximum atomic E-state index is 12.0. The first kappa shape index (κ1) is 27.7. The van der Waals surface area contributed by atoms with Crippen molar-refractivity contribution < 1.29 is 23.4 Å². The zero-order valence-electron chi connectivity index (χ0n) is 21.1. The maximum absolute atomic E-state index is 12.0. The van der Waals surface area contributed by atoms with Crippen molar-refractivity contribution in [1.29, 1.82) is 0 Å². The Labute approximate surface area is 226 Å². The Kier molecular flexibility index (Phi) is 8.42. The molecule has 0 fully saturated rings. The lowest BCUT2D eigenvalue weighted by Gasteiger charge is -2.18. The van der Waals surface area contributed by atoms with Crippen molar-refractivity contribution in [3.05, 3.63) is 100 Å². The molecule has 2 atom stereocenters. The second kappa shape index (κ2) is 11.6. The molecule has 0 amide bonds. The Hall–Kier alpha value is -3.37. The number of aliphatic hydroxyl groups excluding tert-OH is 1. The lowest BCUT2D eigenvalue weighted by atomic mass is 10.0. The van der Waals surface area contributed by atoms with Crippen LogP contribution in [0.15, 0.2) is 72.8 Å². The molecule has 4 aromatic rings. The van der Waals surface area contributed by atoms with Gasteiger partial charge in [-0.2, -0.15) is 0 Å². The first-order valence-electron chi connectivity index (χ1n) is 12.1. The molecule has 0 radical (unpaired) electrons. The fourth-order valence-corrected chi connectivity index (χ4v) is 5.20. The van der Waals surface area contributed by atoms with Crippen LogP contribution < -0.4 is 10.0 Å². The SMILES string of the molecule is CC(Cc1ccc2c(c1)cc(C(=O)O)n2Cc1ccc(NS(C)(=O)=O)cc1)NCC(O)c1cccc(Cl)c1. The van der Waals surface area contributed by atoms with Gasteiger partial charge in [0.25, 0.3) is 0 Å². The van der Waals surface area contributed by atoms with Gasteiger partial charge in [-0.15, -0.1) is 0 Å². The molecule has 4 N–H and O–H groups in total. The Morgan fingerprint density at radius 1 is 1.03 bits per heavy atom. The van der Waals surface area contributed by atoms with E-state index in [-0.39, 0.29) is 11.7 Å². The fraction of sp³-hybridized carbons (Fsp3) is 0.250. The fourth-order valence-electron chi connectivity index (χ4n) is 4.44. The molecule has 0 aliphatic carbocycles. The normalized spacial score (nSPS) is 13.4. The molecule has 38 heavy (non-hydrogen) atoms. The van der Waals surface area contributed by atoms with Crippen LogP contribution in [-0.4, -0.2) is 48.0 Å². The summed E-state index contributed by atoms with van der Waals surface area (Å²) >= 11 is 6.02. The lowest BCUT2D eigenvalue weighted by molar-refractivity contribution is 0.0686. The van der Waals surface area contributed by atoms with Gasteiger partial charge in [0.15, 0.2) is 0 Å². The number of aromatic nitrogens is 1. The summed E-state index contributed by atoms with van der Waals surface area (Å²) in [7, 11) is -3.38. The summed E-state index contributed by atoms with van der Waals surface area (Å²) in [6.07, 6.45) is 1.10. The predicted octanol–water partition coefficient (Wildman–Crippen LogP) is 4.67. The van der Waals surface area contributed by atoms with Crippen LogP contribution in [0.4, 0.5) is 5.69 Å². The standard InChI is InChI=1S/C28H30ClN3O5S/c1-18(30-16-27(33)21-4-3-5-23(29)14-21)12-20-8-11-25-22(13-20)15-26(28(34)35)32(25)17-19-6-9-24(10-7-19)31-38(2,36)37/h3-11,13-15,18,27,30-31,33H,12,16-17H2,1-2H3,(H,34,35). The van der Waals surface area contributed by atoms with E-state index in [1.54, 1.807) is 47.0 Å². The number of hydrogen-bond donors (Lipinski definition) is 4. The molecule has 8 nitrogen and oxygen atoms in total. The van der Waals surface area contributed by atoms with Gasteiger partial charge in [0.1, 0.15) is 5.69 Å². The van der Waals surface area contributed by atoms with E-state index in [0.717, 1.165) is 33.8 Å². The minimum atomic E-state index is -3.38. The average molecular weight is 556 g/mol. The van der Waals surface area contributed by atoms with Crippen molar-refractivity contribution in [2.75, 3.05) is 17.5 Å². The number of carboxylic acids is 1. The molecule has 0 aliphatic rings. The van der Waals surface area contributed by atoms with E-state index < -0.39 is 22.1 Å². The molecule has 0 saturated carbocycles. The van der Waals surface area contributed by atoms with Crippen LogP contribution >= 0.6 is 11.6 Å². The highest BCUT2D eigenvalue weighted by Gasteiger charge is 2.17. The number of sulfonamides is 1. The van der Waals surface area contributed by atoms with Crippen molar-refractivity contribution >= 4 is 44.2 Å². The summed E-state index contributed by atoms with van der Waals surface area (Å²) in [6.45, 7) is 2.73. The van der Waals surface area contributed by atoms with Crippen LogP contribution in [0.3, 0.4) is 0 Å². The van der Waals surface area contributed by atoms with Gasteiger partial charge in [-0.25, -0.2) is 13.2 Å². The quantitative estimate of drug-likeness (QED) is 0.213. The number of rotatable bonds is 11. The lowest BCUT2D eigenvalue weighted by Crippen LogP contribution is -2.32. The largest absolute Gasteiger partial charge is 0.477 e. The van der Waals surface area contributed by atoms with Crippen LogP contribution in [0.1, 0.15) is 40.2 Å². The van der Waals surface area contributed by atoms with E-state index >= 15 is 0 Å². The molecule has 10 heteroatoms. The highest BCUT2D eigenvalue weighted by atomic mass is 35.5. The van der Waals surface area contributed by atoms with Gasteiger partial charge in [0.2, 0.25) is 10.0 Å². The number of carboxylic acid groups (broad SMARTS) is 1. The minimum Gasteiger partial charge on any atom is -0.477 e. The summed E-state index contributed by atoms with van der Waals surface area (Å²) < 4.78 is 27.0. The molecule has 1 heterocycles. The number of nitrogens with one attached hydrogen (secondary N) is 2. The van der Waals surface area contributed by atoms with Crippen molar-refractivity contribution in [3.8, 4) is 0 Å². The number of aliphatic hydroxyl groups is 1. The van der Waals surface area contributed by atoms with E-state index in [9.17, 15) is 23.4 Å². The zero-order valence-corrected chi connectivity index (χ0v) is 22.6. The first-order chi connectivity index (χ1) is 18.0. The van der Waals surface area contributed by atoms with Gasteiger partial charge in [0, 0.05) is 40.7 Å². The van der Waals surface area contributed by atoms with Gasteiger partial charge in [0.05, 0.1) is 12.4 Å². The third-order valence-corrected chi connectivity index (χ3v) is 7.06. The molecule has 0 bridgehead atoms. The molecular weight excluding hydrogens is 526 g/mol. The zero-order chi connectivity index (χ0) is 27.4. The second-order valence-corrected chi connectivity index (χ2v) is 11.7. The molecule has 200 valence electrons. The number of hydrogen-bond acceptors (Lipinski definition) is 5. The van der Waals surface area contributed by atoms with Crippen molar-refractivity contribution in [2.24, 2.45) is 0 Å². The van der Waals surface area contributed by atoms with E-state index in [2.05, 4.69) is 10.0 Å². The van der Waals surface area contributed by atoms with Crippen LogP contribution in [0.2, 0.25) is 5.02 Å². The van der Waals surface area contributed by atoms with Gasteiger partial charge >= 0.3 is 5.97 Å². The van der Waals surface area contributed by atoms with Gasteiger partial charge in [-0.1, -0.05) is 41.9 Å². The van der Waals surface area contributed by atoms with Gasteiger partial charge in [-0.05, 0) is 72.5 Å². The summed E-state index contributed by atoms with van der Waals surface area (Å²) in [6, 6.07) is 21.6. The molecule has 0 aliphatic heterocycles. The van der Waals surface area contributed by atoms with E-state index in [4.69, 9.17) is 11.6 Å². The predicted molar refractivity (Wildman–Crippen MR) is 150 cm³/mol. The Bertz CT molecular complexity index is 1550. The van der Waals surface area contributed by atoms with E-state index in [1.165, 1.54) is 0 Å². The van der Waals surface area contributed by atoms with Crippen LogP contribution in [0, 0.1) is 0 Å². The third-order valence-electron chi connectivity index (χ3n) is 6.22. The number of aromatic carboxylic acids is 1. The Balaban J connectivity index is 1.47. The van der Waals surface area contributed by atoms with Crippen molar-refractivity contribution in [1.82, 2.24) is 9.88 Å². The first-order valence-corrected chi connectivity index (χ1v) is 14.3. The van der Waals surface area contributed by atoms with Gasteiger partial charge in [-0.3, -0.25) is 4.72 Å². The van der Waals surface area contributed by atoms with Crippen LogP contribution in [0.25, 0.3) is 10.9 Å². The van der Waals surface area contributed by atoms with E-state index in [1.807, 2.05) is 37.3 Å². The topological polar surface area (TPSA) is 121 Å². The van der Waals surface area contributed by atoms with Gasteiger partial charge < -0.3 is 20.1 Å². The molecule has 0 spiro atoms. The molecule has 3 aromatic carbocycles. The van der Waals surface area contributed by atoms with Crippen LogP contribution in [0.5, 0.6) is 0 Å². The number of nitrogens with zero attached hydrogens (tertiary/aromatic N) is 1. The molecule has 2 unspecified atom stereocenters. The summed E-state index contributed by atoms with van der Waals surface area (Å²) in [4.78, 5) is 12.0. The third kappa shape index (κ3) is 7.14. The summed E-state index contributed by atoms with van der Waals surface area (Å²) in [5.74, 6) is -1.02. The van der Waals surface area contributed by atoms with Crippen molar-refractivity contribution in [2.45, 2.75) is 32.0 Å². The second-order valence-electron chi connectivity index (χ2n) is 9.47. The van der Waals surface area contributed by atoms with E-state index in [0.29, 0.717) is 30.2 Å². The number of benzene rings is 3. The molecule has 0 saturated heterocycles.